The molecule has 0 unspecified atom stereocenters. The number of amides is 1. The fourth-order valence-electron chi connectivity index (χ4n) is 3.07. The maximum absolute atomic E-state index is 13.3. The van der Waals surface area contributed by atoms with Crippen molar-refractivity contribution < 1.29 is 18.4 Å². The summed E-state index contributed by atoms with van der Waals surface area (Å²) in [5.41, 5.74) is 2.15. The van der Waals surface area contributed by atoms with Gasteiger partial charge in [-0.2, -0.15) is 0 Å². The number of carbonyl (C=O) groups excluding carboxylic acids is 2. The number of fused-ring (bicyclic) bond motifs is 1. The molecule has 2 aromatic heterocycles. The molecule has 0 saturated carbocycles. The number of Topliss-reactive ketones (excluding diaryl/α,β-unsaturated/α-hetero) is 1. The second kappa shape index (κ2) is 7.08. The topological polar surface area (TPSA) is 50.6 Å². The van der Waals surface area contributed by atoms with Crippen LogP contribution >= 0.6 is 0 Å². The van der Waals surface area contributed by atoms with Crippen LogP contribution in [-0.4, -0.2) is 16.1 Å². The van der Waals surface area contributed by atoms with Gasteiger partial charge in [-0.3, -0.25) is 9.59 Å². The van der Waals surface area contributed by atoms with Gasteiger partial charge in [-0.15, -0.1) is 0 Å². The van der Waals surface area contributed by atoms with Gasteiger partial charge in [0, 0.05) is 23.0 Å². The standard InChI is InChI=1S/C22H14F2N2O2/c23-15-9-7-14(8-10-15)19-13-18-6-1-2-11-26(18)20(19)21(27)22(28)25-17-5-3-4-16(24)12-17/h1-13H,(H,25,28). The minimum Gasteiger partial charge on any atom is -0.319 e. The van der Waals surface area contributed by atoms with Crippen molar-refractivity contribution in [2.24, 2.45) is 0 Å². The van der Waals surface area contributed by atoms with Crippen molar-refractivity contribution >= 4 is 22.9 Å². The number of halogens is 2. The molecule has 1 amide bonds. The summed E-state index contributed by atoms with van der Waals surface area (Å²) in [6.07, 6.45) is 1.67. The molecule has 2 aromatic carbocycles. The van der Waals surface area contributed by atoms with E-state index >= 15 is 0 Å². The van der Waals surface area contributed by atoms with E-state index in [9.17, 15) is 18.4 Å². The first-order valence-electron chi connectivity index (χ1n) is 8.50. The van der Waals surface area contributed by atoms with Crippen molar-refractivity contribution in [2.45, 2.75) is 0 Å². The third kappa shape index (κ3) is 3.27. The van der Waals surface area contributed by atoms with Crippen LogP contribution in [0.1, 0.15) is 10.5 Å². The van der Waals surface area contributed by atoms with Gasteiger partial charge in [0.2, 0.25) is 0 Å². The first-order chi connectivity index (χ1) is 13.5. The zero-order valence-electron chi connectivity index (χ0n) is 14.5. The molecule has 28 heavy (non-hydrogen) atoms. The number of aromatic nitrogens is 1. The highest BCUT2D eigenvalue weighted by molar-refractivity contribution is 6.47. The first-order valence-corrected chi connectivity index (χ1v) is 8.50. The van der Waals surface area contributed by atoms with Crippen LogP contribution in [0, 0.1) is 11.6 Å². The molecular formula is C22H14F2N2O2. The van der Waals surface area contributed by atoms with Crippen molar-refractivity contribution in [3.8, 4) is 11.1 Å². The minimum absolute atomic E-state index is 0.149. The van der Waals surface area contributed by atoms with Crippen molar-refractivity contribution in [3.05, 3.63) is 96.3 Å². The Morgan fingerprint density at radius 2 is 1.61 bits per heavy atom. The van der Waals surface area contributed by atoms with Gasteiger partial charge in [-0.05, 0) is 54.1 Å². The normalized spacial score (nSPS) is 10.8. The maximum atomic E-state index is 13.3. The monoisotopic (exact) mass is 376 g/mol. The number of hydrogen-bond acceptors (Lipinski definition) is 2. The number of rotatable bonds is 4. The van der Waals surface area contributed by atoms with E-state index in [1.807, 2.05) is 6.07 Å². The van der Waals surface area contributed by atoms with Gasteiger partial charge in [-0.1, -0.05) is 24.3 Å². The fourth-order valence-corrected chi connectivity index (χ4v) is 3.07. The van der Waals surface area contributed by atoms with Crippen LogP contribution in [-0.2, 0) is 4.79 Å². The molecule has 4 rings (SSSR count). The molecule has 2 heterocycles. The highest BCUT2D eigenvalue weighted by Gasteiger charge is 2.25. The second-order valence-corrected chi connectivity index (χ2v) is 6.20. The second-order valence-electron chi connectivity index (χ2n) is 6.20. The van der Waals surface area contributed by atoms with Crippen LogP contribution in [0.25, 0.3) is 16.6 Å². The Kier molecular flexibility index (Phi) is 4.45. The van der Waals surface area contributed by atoms with Gasteiger partial charge in [0.15, 0.2) is 0 Å². The van der Waals surface area contributed by atoms with E-state index in [4.69, 9.17) is 0 Å². The Morgan fingerprint density at radius 3 is 2.36 bits per heavy atom. The number of ketones is 1. The summed E-state index contributed by atoms with van der Waals surface area (Å²) < 4.78 is 28.3. The minimum atomic E-state index is -0.891. The molecule has 0 fully saturated rings. The van der Waals surface area contributed by atoms with E-state index in [0.717, 1.165) is 6.07 Å². The zero-order valence-corrected chi connectivity index (χ0v) is 14.5. The Labute approximate surface area is 159 Å². The maximum Gasteiger partial charge on any atom is 0.298 e. The van der Waals surface area contributed by atoms with E-state index < -0.39 is 23.3 Å². The van der Waals surface area contributed by atoms with E-state index in [1.165, 1.54) is 30.3 Å². The summed E-state index contributed by atoms with van der Waals surface area (Å²) in [6, 6.07) is 18.1. The molecule has 0 aliphatic heterocycles. The lowest BCUT2D eigenvalue weighted by Crippen LogP contribution is -2.24. The zero-order chi connectivity index (χ0) is 19.7. The fraction of sp³-hybridized carbons (Fsp3) is 0. The molecular weight excluding hydrogens is 362 g/mol. The summed E-state index contributed by atoms with van der Waals surface area (Å²) in [6.45, 7) is 0. The molecule has 0 bridgehead atoms. The molecule has 1 N–H and O–H groups in total. The average Bonchev–Trinajstić information content (AvgIpc) is 3.07. The van der Waals surface area contributed by atoms with Gasteiger partial charge in [0.25, 0.3) is 11.7 Å². The van der Waals surface area contributed by atoms with Crippen molar-refractivity contribution in [3.63, 3.8) is 0 Å². The number of carbonyl (C=O) groups is 2. The van der Waals surface area contributed by atoms with Crippen LogP contribution < -0.4 is 5.32 Å². The van der Waals surface area contributed by atoms with Crippen LogP contribution in [0.3, 0.4) is 0 Å². The number of pyridine rings is 1. The third-order valence-electron chi connectivity index (χ3n) is 4.34. The Balaban J connectivity index is 1.78. The number of hydrogen-bond donors (Lipinski definition) is 1. The van der Waals surface area contributed by atoms with Gasteiger partial charge >= 0.3 is 0 Å². The summed E-state index contributed by atoms with van der Waals surface area (Å²) in [4.78, 5) is 25.5. The number of nitrogens with one attached hydrogen (secondary N) is 1. The highest BCUT2D eigenvalue weighted by atomic mass is 19.1. The van der Waals surface area contributed by atoms with E-state index in [-0.39, 0.29) is 11.4 Å². The van der Waals surface area contributed by atoms with Crippen LogP contribution in [0.15, 0.2) is 79.0 Å². The predicted molar refractivity (Wildman–Crippen MR) is 102 cm³/mol. The van der Waals surface area contributed by atoms with Crippen molar-refractivity contribution in [1.29, 1.82) is 0 Å². The summed E-state index contributed by atoms with van der Waals surface area (Å²) in [5, 5.41) is 2.42. The van der Waals surface area contributed by atoms with Gasteiger partial charge in [0.05, 0.1) is 0 Å². The van der Waals surface area contributed by atoms with E-state index in [1.54, 1.807) is 40.9 Å². The SMILES string of the molecule is O=C(Nc1cccc(F)c1)C(=O)c1c(-c2ccc(F)cc2)cc2ccccn12. The Hall–Kier alpha value is -3.80. The largest absolute Gasteiger partial charge is 0.319 e. The molecule has 0 radical (unpaired) electrons. The van der Waals surface area contributed by atoms with Crippen molar-refractivity contribution in [2.75, 3.05) is 5.32 Å². The lowest BCUT2D eigenvalue weighted by atomic mass is 10.0. The van der Waals surface area contributed by atoms with Gasteiger partial charge < -0.3 is 9.72 Å². The van der Waals surface area contributed by atoms with E-state index in [0.29, 0.717) is 16.6 Å². The lowest BCUT2D eigenvalue weighted by molar-refractivity contribution is -0.112. The number of benzene rings is 2. The average molecular weight is 376 g/mol. The van der Waals surface area contributed by atoms with Crippen LogP contribution in [0.5, 0.6) is 0 Å². The Bertz CT molecular complexity index is 1200. The van der Waals surface area contributed by atoms with Crippen LogP contribution in [0.4, 0.5) is 14.5 Å². The predicted octanol–water partition coefficient (Wildman–Crippen LogP) is 4.71. The highest BCUT2D eigenvalue weighted by Crippen LogP contribution is 2.29. The molecule has 0 atom stereocenters. The smallest absolute Gasteiger partial charge is 0.298 e. The quantitative estimate of drug-likeness (QED) is 0.414. The Morgan fingerprint density at radius 1 is 0.821 bits per heavy atom. The molecule has 4 aromatic rings. The molecule has 0 spiro atoms. The molecule has 0 aliphatic rings. The summed E-state index contributed by atoms with van der Waals surface area (Å²) in [5.74, 6) is -2.60. The molecule has 0 aliphatic carbocycles. The molecule has 0 saturated heterocycles. The molecule has 4 nitrogen and oxygen atoms in total. The van der Waals surface area contributed by atoms with Gasteiger partial charge in [-0.25, -0.2) is 8.78 Å². The van der Waals surface area contributed by atoms with E-state index in [2.05, 4.69) is 5.32 Å². The van der Waals surface area contributed by atoms with Gasteiger partial charge in [0.1, 0.15) is 17.3 Å². The summed E-state index contributed by atoms with van der Waals surface area (Å²) >= 11 is 0. The first kappa shape index (κ1) is 17.6. The third-order valence-corrected chi connectivity index (χ3v) is 4.34. The molecule has 6 heteroatoms. The van der Waals surface area contributed by atoms with Crippen molar-refractivity contribution in [1.82, 2.24) is 4.40 Å². The lowest BCUT2D eigenvalue weighted by Gasteiger charge is -2.08. The summed E-state index contributed by atoms with van der Waals surface area (Å²) in [7, 11) is 0. The van der Waals surface area contributed by atoms with Crippen LogP contribution in [0.2, 0.25) is 0 Å². The number of nitrogens with zero attached hydrogens (tertiary/aromatic N) is 1. The number of anilines is 1. The molecule has 138 valence electrons.